The fraction of sp³-hybridized carbons (Fsp3) is 0.312. The van der Waals surface area contributed by atoms with Crippen molar-refractivity contribution in [3.63, 3.8) is 0 Å². The maximum atomic E-state index is 12.5. The van der Waals surface area contributed by atoms with E-state index in [0.29, 0.717) is 17.9 Å². The van der Waals surface area contributed by atoms with Crippen LogP contribution in [0.4, 0.5) is 0 Å². The zero-order valence-corrected chi connectivity index (χ0v) is 12.8. The fourth-order valence-corrected chi connectivity index (χ4v) is 2.61. The van der Waals surface area contributed by atoms with E-state index in [-0.39, 0.29) is 11.8 Å². The molecule has 0 aliphatic rings. The average molecular weight is 298 g/mol. The number of furan rings is 1. The van der Waals surface area contributed by atoms with Gasteiger partial charge in [0.05, 0.1) is 5.56 Å². The summed E-state index contributed by atoms with van der Waals surface area (Å²) in [6.07, 6.45) is 1.65. The Labute approximate surface area is 128 Å². The summed E-state index contributed by atoms with van der Waals surface area (Å²) in [5, 5.41) is 11.7. The quantitative estimate of drug-likeness (QED) is 0.802. The van der Waals surface area contributed by atoms with E-state index >= 15 is 0 Å². The summed E-state index contributed by atoms with van der Waals surface area (Å²) < 4.78 is 7.49. The normalized spacial score (nSPS) is 12.5. The summed E-state index contributed by atoms with van der Waals surface area (Å²) in [6, 6.07) is 7.55. The number of carbonyl (C=O) groups is 1. The zero-order chi connectivity index (χ0) is 15.7. The number of fused-ring (bicyclic) bond motifs is 1. The van der Waals surface area contributed by atoms with Crippen LogP contribution in [0.25, 0.3) is 11.0 Å². The first-order valence-electron chi connectivity index (χ1n) is 7.18. The Balaban J connectivity index is 1.77. The topological polar surface area (TPSA) is 73.0 Å². The van der Waals surface area contributed by atoms with Crippen molar-refractivity contribution < 1.29 is 9.21 Å². The van der Waals surface area contributed by atoms with Crippen molar-refractivity contribution in [3.8, 4) is 0 Å². The summed E-state index contributed by atoms with van der Waals surface area (Å²) in [6.45, 7) is 4.30. The number of nitrogens with one attached hydrogen (secondary N) is 1. The highest BCUT2D eigenvalue weighted by atomic mass is 16.3. The Morgan fingerprint density at radius 2 is 2.18 bits per heavy atom. The average Bonchev–Trinajstić information content (AvgIpc) is 3.06. The minimum atomic E-state index is -0.128. The van der Waals surface area contributed by atoms with E-state index in [1.54, 1.807) is 13.3 Å². The lowest BCUT2D eigenvalue weighted by Crippen LogP contribution is -2.28. The predicted octanol–water partition coefficient (Wildman–Crippen LogP) is 2.40. The van der Waals surface area contributed by atoms with Crippen molar-refractivity contribution in [2.24, 2.45) is 7.05 Å². The van der Waals surface area contributed by atoms with Crippen LogP contribution in [0.3, 0.4) is 0 Å². The van der Waals surface area contributed by atoms with Gasteiger partial charge in [-0.05, 0) is 13.0 Å². The van der Waals surface area contributed by atoms with Gasteiger partial charge < -0.3 is 14.3 Å². The highest BCUT2D eigenvalue weighted by Crippen LogP contribution is 2.25. The van der Waals surface area contributed by atoms with Crippen LogP contribution in [0.15, 0.2) is 35.0 Å². The van der Waals surface area contributed by atoms with E-state index in [2.05, 4.69) is 15.5 Å². The third-order valence-electron chi connectivity index (χ3n) is 3.75. The summed E-state index contributed by atoms with van der Waals surface area (Å²) >= 11 is 0. The van der Waals surface area contributed by atoms with Crippen LogP contribution in [-0.4, -0.2) is 27.2 Å². The molecule has 3 rings (SSSR count). The molecule has 0 bridgehead atoms. The summed E-state index contributed by atoms with van der Waals surface area (Å²) in [5.74, 6) is 1.42. The molecule has 114 valence electrons. The van der Waals surface area contributed by atoms with Crippen LogP contribution in [0.5, 0.6) is 0 Å². The van der Waals surface area contributed by atoms with E-state index in [4.69, 9.17) is 4.42 Å². The maximum Gasteiger partial charge on any atom is 0.255 e. The molecule has 6 nitrogen and oxygen atoms in total. The van der Waals surface area contributed by atoms with Crippen LogP contribution in [0, 0.1) is 6.92 Å². The summed E-state index contributed by atoms with van der Waals surface area (Å²) in [5.41, 5.74) is 1.33. The van der Waals surface area contributed by atoms with Crippen LogP contribution in [0.2, 0.25) is 0 Å². The first-order valence-corrected chi connectivity index (χ1v) is 7.18. The van der Waals surface area contributed by atoms with E-state index in [9.17, 15) is 4.79 Å². The number of rotatable bonds is 4. The van der Waals surface area contributed by atoms with Crippen LogP contribution in [0.1, 0.15) is 34.8 Å². The van der Waals surface area contributed by atoms with Crippen LogP contribution < -0.4 is 5.32 Å². The van der Waals surface area contributed by atoms with Crippen molar-refractivity contribution in [3.05, 3.63) is 47.7 Å². The molecule has 0 fully saturated rings. The van der Waals surface area contributed by atoms with Gasteiger partial charge in [-0.25, -0.2) is 0 Å². The molecule has 1 amide bonds. The van der Waals surface area contributed by atoms with Crippen molar-refractivity contribution in [1.82, 2.24) is 20.1 Å². The lowest BCUT2D eigenvalue weighted by Gasteiger charge is -2.11. The Hall–Kier alpha value is -2.63. The molecule has 0 spiro atoms. The number of aromatic nitrogens is 3. The first kappa shape index (κ1) is 14.3. The molecule has 6 heteroatoms. The van der Waals surface area contributed by atoms with Gasteiger partial charge in [0, 0.05) is 24.9 Å². The second-order valence-electron chi connectivity index (χ2n) is 5.44. The maximum absolute atomic E-state index is 12.5. The standard InChI is InChI=1S/C16H18N4O2/c1-10(15-19-18-9-20(15)3)8-17-16(21)14-11(2)22-13-7-5-4-6-12(13)14/h4-7,9-10H,8H2,1-3H3,(H,17,21). The van der Waals surface area contributed by atoms with Crippen molar-refractivity contribution in [2.45, 2.75) is 19.8 Å². The van der Waals surface area contributed by atoms with Gasteiger partial charge in [-0.1, -0.05) is 25.1 Å². The first-order chi connectivity index (χ1) is 10.6. The number of benzene rings is 1. The zero-order valence-electron chi connectivity index (χ0n) is 12.8. The lowest BCUT2D eigenvalue weighted by molar-refractivity contribution is 0.0951. The highest BCUT2D eigenvalue weighted by Gasteiger charge is 2.19. The van der Waals surface area contributed by atoms with E-state index < -0.39 is 0 Å². The van der Waals surface area contributed by atoms with Gasteiger partial charge in [0.2, 0.25) is 0 Å². The number of aryl methyl sites for hydroxylation is 2. The number of hydrogen-bond acceptors (Lipinski definition) is 4. The molecule has 0 aliphatic heterocycles. The van der Waals surface area contributed by atoms with Crippen molar-refractivity contribution >= 4 is 16.9 Å². The fourth-order valence-electron chi connectivity index (χ4n) is 2.61. The van der Waals surface area contributed by atoms with Crippen LogP contribution >= 0.6 is 0 Å². The summed E-state index contributed by atoms with van der Waals surface area (Å²) in [7, 11) is 1.89. The Kier molecular flexibility index (Phi) is 3.66. The van der Waals surface area contributed by atoms with Gasteiger partial charge in [0.15, 0.2) is 0 Å². The molecule has 1 aromatic carbocycles. The molecule has 0 aliphatic carbocycles. The second-order valence-corrected chi connectivity index (χ2v) is 5.44. The Morgan fingerprint density at radius 1 is 1.41 bits per heavy atom. The number of hydrogen-bond donors (Lipinski definition) is 1. The third kappa shape index (κ3) is 2.47. The highest BCUT2D eigenvalue weighted by molar-refractivity contribution is 6.07. The number of carbonyl (C=O) groups excluding carboxylic acids is 1. The minimum absolute atomic E-state index is 0.0786. The smallest absolute Gasteiger partial charge is 0.255 e. The molecule has 2 aromatic heterocycles. The van der Waals surface area contributed by atoms with Gasteiger partial charge >= 0.3 is 0 Å². The molecule has 1 atom stereocenters. The molecule has 0 saturated carbocycles. The van der Waals surface area contributed by atoms with Gasteiger partial charge in [-0.2, -0.15) is 0 Å². The van der Waals surface area contributed by atoms with E-state index in [1.807, 2.05) is 42.8 Å². The molecule has 1 unspecified atom stereocenters. The van der Waals surface area contributed by atoms with Crippen LogP contribution in [-0.2, 0) is 7.05 Å². The van der Waals surface area contributed by atoms with E-state index in [1.165, 1.54) is 0 Å². The minimum Gasteiger partial charge on any atom is -0.461 e. The number of para-hydroxylation sites is 1. The lowest BCUT2D eigenvalue weighted by atomic mass is 10.1. The van der Waals surface area contributed by atoms with Gasteiger partial charge in [-0.3, -0.25) is 4.79 Å². The SMILES string of the molecule is Cc1oc2ccccc2c1C(=O)NCC(C)c1nncn1C. The molecule has 1 N–H and O–H groups in total. The largest absolute Gasteiger partial charge is 0.461 e. The molecule has 2 heterocycles. The molecular formula is C16H18N4O2. The molecule has 0 radical (unpaired) electrons. The van der Waals surface area contributed by atoms with E-state index in [0.717, 1.165) is 16.8 Å². The molecular weight excluding hydrogens is 280 g/mol. The predicted molar refractivity (Wildman–Crippen MR) is 82.7 cm³/mol. The van der Waals surface area contributed by atoms with Crippen molar-refractivity contribution in [1.29, 1.82) is 0 Å². The van der Waals surface area contributed by atoms with Gasteiger partial charge in [-0.15, -0.1) is 10.2 Å². The van der Waals surface area contributed by atoms with Gasteiger partial charge in [0.25, 0.3) is 5.91 Å². The van der Waals surface area contributed by atoms with Gasteiger partial charge in [0.1, 0.15) is 23.5 Å². The number of amides is 1. The third-order valence-corrected chi connectivity index (χ3v) is 3.75. The molecule has 3 aromatic rings. The number of nitrogens with zero attached hydrogens (tertiary/aromatic N) is 3. The monoisotopic (exact) mass is 298 g/mol. The Morgan fingerprint density at radius 3 is 2.91 bits per heavy atom. The van der Waals surface area contributed by atoms with Crippen molar-refractivity contribution in [2.75, 3.05) is 6.54 Å². The summed E-state index contributed by atoms with van der Waals surface area (Å²) in [4.78, 5) is 12.5. The Bertz CT molecular complexity index is 819. The molecule has 0 saturated heterocycles. The molecule has 22 heavy (non-hydrogen) atoms. The second kappa shape index (κ2) is 5.63.